The van der Waals surface area contributed by atoms with E-state index in [4.69, 9.17) is 9.63 Å². The molecule has 17 heavy (non-hydrogen) atoms. The van der Waals surface area contributed by atoms with Gasteiger partial charge in [-0.25, -0.2) is 8.78 Å². The van der Waals surface area contributed by atoms with Crippen LogP contribution in [0.25, 0.3) is 11.4 Å². The van der Waals surface area contributed by atoms with Crippen LogP contribution in [0.15, 0.2) is 22.7 Å². The molecule has 0 spiro atoms. The van der Waals surface area contributed by atoms with Crippen LogP contribution in [-0.2, 0) is 6.42 Å². The zero-order valence-electron chi connectivity index (χ0n) is 8.86. The van der Waals surface area contributed by atoms with Crippen LogP contribution >= 0.6 is 0 Å². The summed E-state index contributed by atoms with van der Waals surface area (Å²) in [6.45, 7) is 0.0201. The first-order valence-corrected chi connectivity index (χ1v) is 5.09. The molecule has 4 nitrogen and oxygen atoms in total. The molecule has 0 aliphatic heterocycles. The second-order valence-electron chi connectivity index (χ2n) is 3.50. The SMILES string of the molecule is OCCCc1nc(-c2cc(F)cc(F)c2)no1. The average molecular weight is 240 g/mol. The fourth-order valence-corrected chi connectivity index (χ4v) is 1.39. The van der Waals surface area contributed by atoms with Crippen LogP contribution in [-0.4, -0.2) is 21.9 Å². The number of aliphatic hydroxyl groups is 1. The zero-order valence-corrected chi connectivity index (χ0v) is 8.86. The van der Waals surface area contributed by atoms with Crippen LogP contribution in [0.1, 0.15) is 12.3 Å². The molecule has 6 heteroatoms. The summed E-state index contributed by atoms with van der Waals surface area (Å²) in [5.74, 6) is -0.918. The summed E-state index contributed by atoms with van der Waals surface area (Å²) in [4.78, 5) is 3.98. The average Bonchev–Trinajstić information content (AvgIpc) is 2.73. The normalized spacial score (nSPS) is 10.8. The Morgan fingerprint density at radius 1 is 1.18 bits per heavy atom. The molecule has 2 aromatic rings. The first kappa shape index (κ1) is 11.7. The molecule has 0 amide bonds. The number of hydrogen-bond acceptors (Lipinski definition) is 4. The Kier molecular flexibility index (Phi) is 3.43. The number of aryl methyl sites for hydroxylation is 1. The topological polar surface area (TPSA) is 59.2 Å². The number of rotatable bonds is 4. The van der Waals surface area contributed by atoms with E-state index in [1.54, 1.807) is 0 Å². The number of halogens is 2. The van der Waals surface area contributed by atoms with E-state index in [1.165, 1.54) is 0 Å². The van der Waals surface area contributed by atoms with E-state index >= 15 is 0 Å². The van der Waals surface area contributed by atoms with Gasteiger partial charge < -0.3 is 9.63 Å². The predicted molar refractivity (Wildman–Crippen MR) is 55.1 cm³/mol. The smallest absolute Gasteiger partial charge is 0.227 e. The molecule has 1 aromatic carbocycles. The Balaban J connectivity index is 2.24. The Morgan fingerprint density at radius 2 is 1.88 bits per heavy atom. The van der Waals surface area contributed by atoms with Crippen molar-refractivity contribution in [1.82, 2.24) is 10.1 Å². The Morgan fingerprint density at radius 3 is 2.53 bits per heavy atom. The van der Waals surface area contributed by atoms with E-state index in [0.717, 1.165) is 18.2 Å². The molecule has 0 atom stereocenters. The summed E-state index contributed by atoms with van der Waals surface area (Å²) in [6.07, 6.45) is 0.931. The molecule has 0 fully saturated rings. The van der Waals surface area contributed by atoms with Crippen molar-refractivity contribution in [3.63, 3.8) is 0 Å². The summed E-state index contributed by atoms with van der Waals surface area (Å²) >= 11 is 0. The van der Waals surface area contributed by atoms with Gasteiger partial charge in [-0.3, -0.25) is 0 Å². The van der Waals surface area contributed by atoms with E-state index in [1.807, 2.05) is 0 Å². The standard InChI is InChI=1S/C11H10F2N2O2/c12-8-4-7(5-9(13)6-8)11-14-10(17-15-11)2-1-3-16/h4-6,16H,1-3H2. The quantitative estimate of drug-likeness (QED) is 0.887. The van der Waals surface area contributed by atoms with Crippen LogP contribution in [0.4, 0.5) is 8.78 Å². The van der Waals surface area contributed by atoms with Crippen LogP contribution in [0.5, 0.6) is 0 Å². The minimum atomic E-state index is -0.693. The number of aromatic nitrogens is 2. The van der Waals surface area contributed by atoms with Crippen molar-refractivity contribution in [1.29, 1.82) is 0 Å². The molecule has 90 valence electrons. The second kappa shape index (κ2) is 5.01. The Hall–Kier alpha value is -1.82. The van der Waals surface area contributed by atoms with Gasteiger partial charge in [-0.15, -0.1) is 0 Å². The lowest BCUT2D eigenvalue weighted by atomic mass is 10.2. The molecule has 0 bridgehead atoms. The molecule has 1 N–H and O–H groups in total. The van der Waals surface area contributed by atoms with Gasteiger partial charge in [0.25, 0.3) is 0 Å². The Labute approximate surface area is 95.9 Å². The maximum atomic E-state index is 13.0. The monoisotopic (exact) mass is 240 g/mol. The summed E-state index contributed by atoms with van der Waals surface area (Å²) in [6, 6.07) is 3.03. The van der Waals surface area contributed by atoms with Crippen LogP contribution < -0.4 is 0 Å². The second-order valence-corrected chi connectivity index (χ2v) is 3.50. The highest BCUT2D eigenvalue weighted by Gasteiger charge is 2.10. The van der Waals surface area contributed by atoms with E-state index in [0.29, 0.717) is 18.7 Å². The fourth-order valence-electron chi connectivity index (χ4n) is 1.39. The van der Waals surface area contributed by atoms with Crippen molar-refractivity contribution >= 4 is 0 Å². The largest absolute Gasteiger partial charge is 0.396 e. The number of nitrogens with zero attached hydrogens (tertiary/aromatic N) is 2. The van der Waals surface area contributed by atoms with Crippen LogP contribution in [0.2, 0.25) is 0 Å². The van der Waals surface area contributed by atoms with Crippen molar-refractivity contribution < 1.29 is 18.4 Å². The van der Waals surface area contributed by atoms with Crippen LogP contribution in [0.3, 0.4) is 0 Å². The van der Waals surface area contributed by atoms with Crippen molar-refractivity contribution in [3.05, 3.63) is 35.7 Å². The summed E-state index contributed by atoms with van der Waals surface area (Å²) < 4.78 is 30.8. The van der Waals surface area contributed by atoms with Crippen molar-refractivity contribution in [2.24, 2.45) is 0 Å². The van der Waals surface area contributed by atoms with Gasteiger partial charge in [0.15, 0.2) is 0 Å². The van der Waals surface area contributed by atoms with Gasteiger partial charge in [0.05, 0.1) is 0 Å². The highest BCUT2D eigenvalue weighted by atomic mass is 19.1. The summed E-state index contributed by atoms with van der Waals surface area (Å²) in [5, 5.41) is 12.3. The Bertz CT molecular complexity index is 494. The first-order valence-electron chi connectivity index (χ1n) is 5.09. The van der Waals surface area contributed by atoms with Gasteiger partial charge >= 0.3 is 0 Å². The molecular formula is C11H10F2N2O2. The number of hydrogen-bond donors (Lipinski definition) is 1. The molecule has 1 heterocycles. The van der Waals surface area contributed by atoms with E-state index in [-0.39, 0.29) is 18.0 Å². The molecule has 0 saturated carbocycles. The van der Waals surface area contributed by atoms with E-state index in [2.05, 4.69) is 10.1 Å². The minimum absolute atomic E-state index is 0.0201. The number of aliphatic hydroxyl groups excluding tert-OH is 1. The lowest BCUT2D eigenvalue weighted by molar-refractivity contribution is 0.278. The highest BCUT2D eigenvalue weighted by molar-refractivity contribution is 5.54. The maximum Gasteiger partial charge on any atom is 0.227 e. The molecule has 0 saturated heterocycles. The molecule has 0 aliphatic carbocycles. The predicted octanol–water partition coefficient (Wildman–Crippen LogP) is 1.94. The van der Waals surface area contributed by atoms with Gasteiger partial charge in [-0.1, -0.05) is 5.16 Å². The molecule has 0 unspecified atom stereocenters. The summed E-state index contributed by atoms with van der Waals surface area (Å²) in [7, 11) is 0. The lowest BCUT2D eigenvalue weighted by Crippen LogP contribution is -1.90. The minimum Gasteiger partial charge on any atom is -0.396 e. The first-order chi connectivity index (χ1) is 8.19. The molecule has 2 rings (SSSR count). The highest BCUT2D eigenvalue weighted by Crippen LogP contribution is 2.19. The third kappa shape index (κ3) is 2.85. The van der Waals surface area contributed by atoms with Crippen molar-refractivity contribution in [3.8, 4) is 11.4 Å². The molecule has 0 radical (unpaired) electrons. The van der Waals surface area contributed by atoms with Crippen molar-refractivity contribution in [2.45, 2.75) is 12.8 Å². The van der Waals surface area contributed by atoms with Gasteiger partial charge in [0.2, 0.25) is 11.7 Å². The fraction of sp³-hybridized carbons (Fsp3) is 0.273. The van der Waals surface area contributed by atoms with Gasteiger partial charge in [-0.2, -0.15) is 4.98 Å². The summed E-state index contributed by atoms with van der Waals surface area (Å²) in [5.41, 5.74) is 0.224. The van der Waals surface area contributed by atoms with Crippen LogP contribution in [0, 0.1) is 11.6 Å². The molecule has 1 aromatic heterocycles. The molecular weight excluding hydrogens is 230 g/mol. The van der Waals surface area contributed by atoms with Gasteiger partial charge in [0, 0.05) is 24.7 Å². The van der Waals surface area contributed by atoms with E-state index < -0.39 is 11.6 Å². The number of benzene rings is 1. The zero-order chi connectivity index (χ0) is 12.3. The lowest BCUT2D eigenvalue weighted by Gasteiger charge is -1.95. The van der Waals surface area contributed by atoms with E-state index in [9.17, 15) is 8.78 Å². The van der Waals surface area contributed by atoms with Gasteiger partial charge in [-0.05, 0) is 18.6 Å². The third-order valence-corrected chi connectivity index (χ3v) is 2.14. The van der Waals surface area contributed by atoms with Crippen molar-refractivity contribution in [2.75, 3.05) is 6.61 Å². The third-order valence-electron chi connectivity index (χ3n) is 2.14. The maximum absolute atomic E-state index is 13.0. The van der Waals surface area contributed by atoms with Gasteiger partial charge in [0.1, 0.15) is 11.6 Å². The molecule has 0 aliphatic rings.